The second kappa shape index (κ2) is 18.5. The Balaban J connectivity index is 1.31. The van der Waals surface area contributed by atoms with E-state index in [9.17, 15) is 14.4 Å². The number of unbranched alkanes of at least 4 members (excludes halogenated alkanes) is 1. The molecule has 53 heavy (non-hydrogen) atoms. The van der Waals surface area contributed by atoms with Crippen molar-refractivity contribution in [1.82, 2.24) is 16.0 Å². The fraction of sp³-hybridized carbons (Fsp3) is 0.286. The number of benzene rings is 4. The number of rotatable bonds is 16. The first kappa shape index (κ1) is 38.3. The van der Waals surface area contributed by atoms with Gasteiger partial charge >= 0.3 is 0 Å². The van der Waals surface area contributed by atoms with Crippen LogP contribution in [0, 0.1) is 11.8 Å². The lowest BCUT2D eigenvalue weighted by Gasteiger charge is -2.22. The molecule has 5 rings (SSSR count). The Hall–Kier alpha value is -5.96. The van der Waals surface area contributed by atoms with Crippen LogP contribution < -0.4 is 38.9 Å². The van der Waals surface area contributed by atoms with Gasteiger partial charge in [0.2, 0.25) is 11.8 Å². The molecule has 4 aromatic carbocycles. The third-order valence-electron chi connectivity index (χ3n) is 9.23. The van der Waals surface area contributed by atoms with Crippen LogP contribution >= 0.6 is 0 Å². The van der Waals surface area contributed by atoms with Gasteiger partial charge in [0.05, 0.1) is 6.54 Å². The predicted molar refractivity (Wildman–Crippen MR) is 210 cm³/mol. The van der Waals surface area contributed by atoms with Gasteiger partial charge in [-0.2, -0.15) is 0 Å². The standard InChI is InChI=1S/C42H48N8O3/c43-24-8-10-25-47-38(51)37(27-29-16-18-32(19-17-29)30-11-3-1-4-12-30)49-39(52)36(15-7-9-26-48-41(44)45)50-40(53)42(46)28-35(42)34-22-20-33(21-23-34)31-13-5-2-6-14-31/h1-6,11-14,16-23,35-37H,8-10,24-28,43,46H2,(H,47,51)(H,49,52)(H,50,53)(H4,44,45,48)/t35?,36?,37-,42?/m0/s1. The van der Waals surface area contributed by atoms with Gasteiger partial charge in [-0.25, -0.2) is 0 Å². The van der Waals surface area contributed by atoms with Crippen molar-refractivity contribution in [1.29, 1.82) is 0 Å². The van der Waals surface area contributed by atoms with Crippen LogP contribution in [0.15, 0.2) is 114 Å². The topological polar surface area (TPSA) is 204 Å². The number of hydrogen-bond acceptors (Lipinski definition) is 6. The maximum Gasteiger partial charge on any atom is 0.255 e. The molecule has 3 unspecified atom stereocenters. The predicted octanol–water partition coefficient (Wildman–Crippen LogP) is 2.94. The molecule has 3 amide bonds. The van der Waals surface area contributed by atoms with Gasteiger partial charge in [0.25, 0.3) is 5.91 Å². The number of nitrogens with two attached hydrogens (primary N) is 4. The van der Waals surface area contributed by atoms with Gasteiger partial charge in [0.15, 0.2) is 12.0 Å². The number of guanidine groups is 1. The average Bonchev–Trinajstić information content (AvgIpc) is 3.88. The van der Waals surface area contributed by atoms with E-state index in [0.29, 0.717) is 25.9 Å². The molecule has 0 bridgehead atoms. The van der Waals surface area contributed by atoms with Crippen LogP contribution in [-0.4, -0.2) is 60.9 Å². The summed E-state index contributed by atoms with van der Waals surface area (Å²) in [7, 11) is 0. The first-order valence-electron chi connectivity index (χ1n) is 17.9. The zero-order chi connectivity index (χ0) is 37.6. The highest BCUT2D eigenvalue weighted by atomic mass is 16.2. The first-order valence-corrected chi connectivity index (χ1v) is 17.9. The zero-order valence-electron chi connectivity index (χ0n) is 29.8. The third kappa shape index (κ3) is 10.8. The van der Waals surface area contributed by atoms with Gasteiger partial charge in [-0.1, -0.05) is 121 Å². The molecule has 1 saturated carbocycles. The number of aliphatic imine (C=N–C) groups is 1. The molecule has 1 fully saturated rings. The minimum absolute atomic E-state index is 0.0758. The van der Waals surface area contributed by atoms with E-state index in [1.165, 1.54) is 0 Å². The van der Waals surface area contributed by atoms with E-state index in [2.05, 4.69) is 32.8 Å². The lowest BCUT2D eigenvalue weighted by Crippen LogP contribution is -2.56. The molecule has 0 spiro atoms. The van der Waals surface area contributed by atoms with Crippen molar-refractivity contribution in [2.45, 2.75) is 55.6 Å². The molecular weight excluding hydrogens is 665 g/mol. The van der Waals surface area contributed by atoms with Crippen LogP contribution in [0.25, 0.3) is 22.3 Å². The molecule has 4 atom stereocenters. The van der Waals surface area contributed by atoms with Crippen LogP contribution in [0.5, 0.6) is 0 Å². The zero-order valence-corrected chi connectivity index (χ0v) is 29.8. The maximum absolute atomic E-state index is 13.9. The number of hydrogen-bond donors (Lipinski definition) is 7. The molecule has 11 N–H and O–H groups in total. The summed E-state index contributed by atoms with van der Waals surface area (Å²) in [4.78, 5) is 45.1. The second-order valence-corrected chi connectivity index (χ2v) is 13.2. The van der Waals surface area contributed by atoms with Gasteiger partial charge < -0.3 is 38.9 Å². The molecular formula is C42H48N8O3. The van der Waals surface area contributed by atoms with Gasteiger partial charge in [-0.15, -0.1) is 0 Å². The van der Waals surface area contributed by atoms with E-state index in [4.69, 9.17) is 22.9 Å². The molecule has 11 nitrogen and oxygen atoms in total. The molecule has 0 heterocycles. The molecule has 11 heteroatoms. The van der Waals surface area contributed by atoms with E-state index < -0.39 is 29.4 Å². The van der Waals surface area contributed by atoms with Crippen LogP contribution in [0.4, 0.5) is 0 Å². The molecule has 274 valence electrons. The van der Waals surface area contributed by atoms with E-state index in [0.717, 1.165) is 39.8 Å². The highest BCUT2D eigenvalue weighted by Gasteiger charge is 2.58. The lowest BCUT2D eigenvalue weighted by atomic mass is 10.00. The van der Waals surface area contributed by atoms with Gasteiger partial charge in [-0.3, -0.25) is 19.4 Å². The van der Waals surface area contributed by atoms with Crippen molar-refractivity contribution in [3.63, 3.8) is 0 Å². The molecule has 0 radical (unpaired) electrons. The number of amides is 3. The third-order valence-corrected chi connectivity index (χ3v) is 9.23. The fourth-order valence-corrected chi connectivity index (χ4v) is 6.10. The van der Waals surface area contributed by atoms with E-state index >= 15 is 0 Å². The van der Waals surface area contributed by atoms with Crippen molar-refractivity contribution < 1.29 is 14.4 Å². The van der Waals surface area contributed by atoms with Crippen LogP contribution in [0.3, 0.4) is 0 Å². The largest absolute Gasteiger partial charge is 0.370 e. The van der Waals surface area contributed by atoms with Gasteiger partial charge in [0.1, 0.15) is 11.6 Å². The monoisotopic (exact) mass is 712 g/mol. The smallest absolute Gasteiger partial charge is 0.255 e. The summed E-state index contributed by atoms with van der Waals surface area (Å²) in [5.41, 5.74) is 27.9. The Morgan fingerprint density at radius 2 is 1.36 bits per heavy atom. The average molecular weight is 713 g/mol. The van der Waals surface area contributed by atoms with Crippen LogP contribution in [0.1, 0.15) is 42.7 Å². The summed E-state index contributed by atoms with van der Waals surface area (Å²) in [5.74, 6) is 3.93. The lowest BCUT2D eigenvalue weighted by molar-refractivity contribution is -0.131. The number of nitrogens with one attached hydrogen (secondary N) is 3. The Bertz CT molecular complexity index is 1920. The van der Waals surface area contributed by atoms with Crippen LogP contribution in [0.2, 0.25) is 0 Å². The first-order chi connectivity index (χ1) is 25.7. The summed E-state index contributed by atoms with van der Waals surface area (Å²) in [5, 5.41) is 8.53. The quantitative estimate of drug-likeness (QED) is 0.0400. The number of carbonyl (C=O) groups excluding carboxylic acids is 3. The summed E-state index contributed by atoms with van der Waals surface area (Å²) in [6, 6.07) is 33.5. The fourth-order valence-electron chi connectivity index (χ4n) is 6.10. The van der Waals surface area contributed by atoms with E-state index in [-0.39, 0.29) is 37.2 Å². The Labute approximate surface area is 311 Å². The highest BCUT2D eigenvalue weighted by Crippen LogP contribution is 2.50. The van der Waals surface area contributed by atoms with Crippen molar-refractivity contribution in [2.24, 2.45) is 27.9 Å². The molecule has 0 aromatic heterocycles. The molecule has 1 aliphatic rings. The molecule has 1 aliphatic carbocycles. The van der Waals surface area contributed by atoms with Crippen molar-refractivity contribution in [3.05, 3.63) is 120 Å². The normalized spacial score (nSPS) is 16.9. The molecule has 0 saturated heterocycles. The van der Waals surface area contributed by atoms with Gasteiger partial charge in [-0.05, 0) is 59.2 Å². The van der Waals surface area contributed by atoms with Gasteiger partial charge in [0, 0.05) is 25.3 Å². The SMILES string of the molecule is NCCCCNC(=O)[C@H](Cc1ccc(-c2ccccc2)cc1)NC(=O)C(C#CCCN=C(N)N)NC(=O)C1(N)CC1c1ccc(-c2ccccc2)cc1. The minimum atomic E-state index is -1.29. The van der Waals surface area contributed by atoms with E-state index in [1.54, 1.807) is 0 Å². The molecule has 0 aliphatic heterocycles. The van der Waals surface area contributed by atoms with Crippen LogP contribution in [-0.2, 0) is 20.8 Å². The Morgan fingerprint density at radius 3 is 1.94 bits per heavy atom. The number of nitrogens with zero attached hydrogens (tertiary/aromatic N) is 1. The maximum atomic E-state index is 13.9. The highest BCUT2D eigenvalue weighted by molar-refractivity contribution is 5.98. The summed E-state index contributed by atoms with van der Waals surface area (Å²) in [6.45, 7) is 1.13. The summed E-state index contributed by atoms with van der Waals surface area (Å²) in [6.07, 6.45) is 2.30. The molecule has 4 aromatic rings. The summed E-state index contributed by atoms with van der Waals surface area (Å²) < 4.78 is 0. The van der Waals surface area contributed by atoms with E-state index in [1.807, 2.05) is 109 Å². The second-order valence-electron chi connectivity index (χ2n) is 13.2. The Morgan fingerprint density at radius 1 is 0.774 bits per heavy atom. The number of carbonyl (C=O) groups is 3. The minimum Gasteiger partial charge on any atom is -0.370 e. The van der Waals surface area contributed by atoms with Crippen molar-refractivity contribution in [2.75, 3.05) is 19.6 Å². The van der Waals surface area contributed by atoms with Crippen molar-refractivity contribution >= 4 is 23.7 Å². The Kier molecular flexibility index (Phi) is 13.4. The van der Waals surface area contributed by atoms with Crippen molar-refractivity contribution in [3.8, 4) is 34.1 Å². The summed E-state index contributed by atoms with van der Waals surface area (Å²) >= 11 is 0.